The van der Waals surface area contributed by atoms with E-state index in [1.165, 1.54) is 23.2 Å². The van der Waals surface area contributed by atoms with Gasteiger partial charge in [0, 0.05) is 25.2 Å². The number of nitrogens with zero attached hydrogens (tertiary/aromatic N) is 6. The summed E-state index contributed by atoms with van der Waals surface area (Å²) in [5, 5.41) is 17.0. The molecule has 1 saturated heterocycles. The zero-order valence-corrected chi connectivity index (χ0v) is 24.3. The Morgan fingerprint density at radius 2 is 1.93 bits per heavy atom. The van der Waals surface area contributed by atoms with E-state index in [1.807, 2.05) is 0 Å². The van der Waals surface area contributed by atoms with Gasteiger partial charge in [0.15, 0.2) is 17.2 Å². The second-order valence-electron chi connectivity index (χ2n) is 12.6. The van der Waals surface area contributed by atoms with Crippen LogP contribution in [0.2, 0.25) is 0 Å². The molecule has 4 aromatic rings. The maximum atomic E-state index is 14.1. The number of carbonyl (C=O) groups excluding carboxylic acids is 2. The highest BCUT2D eigenvalue weighted by molar-refractivity contribution is 5.93. The molecule has 1 aliphatic heterocycles. The molecule has 0 spiro atoms. The van der Waals surface area contributed by atoms with Crippen LogP contribution in [0.1, 0.15) is 90.2 Å². The number of aromatic nitrogens is 6. The number of halogens is 5. The van der Waals surface area contributed by atoms with Gasteiger partial charge in [0.2, 0.25) is 11.8 Å². The number of carbonyl (C=O) groups is 2. The molecule has 0 bridgehead atoms. The van der Waals surface area contributed by atoms with Gasteiger partial charge in [0.1, 0.15) is 18.0 Å². The quantitative estimate of drug-likeness (QED) is 0.250. The van der Waals surface area contributed by atoms with Crippen LogP contribution in [0.25, 0.3) is 5.65 Å². The highest BCUT2D eigenvalue weighted by Gasteiger charge is 2.56. The van der Waals surface area contributed by atoms with Crippen molar-refractivity contribution in [2.45, 2.75) is 87.9 Å². The molecule has 3 atom stereocenters. The summed E-state index contributed by atoms with van der Waals surface area (Å²) in [5.41, 5.74) is 0.0792. The molecule has 12 nitrogen and oxygen atoms in total. The molecule has 0 unspecified atom stereocenters. The van der Waals surface area contributed by atoms with Gasteiger partial charge in [-0.1, -0.05) is 5.16 Å². The van der Waals surface area contributed by atoms with Gasteiger partial charge < -0.3 is 15.1 Å². The van der Waals surface area contributed by atoms with E-state index in [4.69, 9.17) is 9.05 Å². The average Bonchev–Trinajstić information content (AvgIpc) is 3.37. The van der Waals surface area contributed by atoms with E-state index in [9.17, 15) is 31.5 Å². The third kappa shape index (κ3) is 5.93. The zero-order valence-electron chi connectivity index (χ0n) is 24.3. The summed E-state index contributed by atoms with van der Waals surface area (Å²) in [7, 11) is 0. The lowest BCUT2D eigenvalue weighted by Crippen LogP contribution is -2.39. The fraction of sp³-hybridized carbons (Fsp3) is 0.552. The van der Waals surface area contributed by atoms with Crippen molar-refractivity contribution in [3.05, 3.63) is 59.5 Å². The van der Waals surface area contributed by atoms with Gasteiger partial charge in [0.05, 0.1) is 35.7 Å². The molecule has 2 N–H and O–H groups in total. The Hall–Kier alpha value is -4.44. The van der Waals surface area contributed by atoms with Crippen molar-refractivity contribution in [3.8, 4) is 0 Å². The van der Waals surface area contributed by atoms with E-state index in [1.54, 1.807) is 12.3 Å². The minimum absolute atomic E-state index is 0.0427. The molecule has 3 aliphatic rings. The van der Waals surface area contributed by atoms with Crippen LogP contribution < -0.4 is 10.6 Å². The third-order valence-corrected chi connectivity index (χ3v) is 9.22. The highest BCUT2D eigenvalue weighted by Crippen LogP contribution is 2.44. The summed E-state index contributed by atoms with van der Waals surface area (Å²) < 4.78 is 80.7. The number of hydrogen-bond acceptors (Lipinski definition) is 9. The van der Waals surface area contributed by atoms with E-state index in [0.717, 1.165) is 12.8 Å². The highest BCUT2D eigenvalue weighted by atomic mass is 19.4. The number of hydrogen-bond donors (Lipinski definition) is 2. The Labute approximate surface area is 257 Å². The summed E-state index contributed by atoms with van der Waals surface area (Å²) in [6.07, 6.45) is 1.50. The van der Waals surface area contributed by atoms with Crippen LogP contribution in [0.4, 0.5) is 22.0 Å². The lowest BCUT2D eigenvalue weighted by Gasteiger charge is -2.33. The lowest BCUT2D eigenvalue weighted by molar-refractivity contribution is -0.155. The molecule has 0 aromatic carbocycles. The molecule has 4 aromatic heterocycles. The molecule has 46 heavy (non-hydrogen) atoms. The normalized spacial score (nSPS) is 24.3. The first-order chi connectivity index (χ1) is 21.9. The maximum absolute atomic E-state index is 14.1. The molecule has 0 radical (unpaired) electrons. The summed E-state index contributed by atoms with van der Waals surface area (Å²) in [6, 6.07) is -1.21. The number of fused-ring (bicyclic) bond motifs is 1. The van der Waals surface area contributed by atoms with Crippen LogP contribution in [0, 0.1) is 11.3 Å². The average molecular weight is 649 g/mol. The molecular weight excluding hydrogens is 619 g/mol. The van der Waals surface area contributed by atoms with Crippen molar-refractivity contribution in [2.24, 2.45) is 11.3 Å². The fourth-order valence-corrected chi connectivity index (χ4v) is 6.63. The maximum Gasteiger partial charge on any atom is 0.408 e. The van der Waals surface area contributed by atoms with Crippen LogP contribution in [0.3, 0.4) is 0 Å². The molecule has 17 heteroatoms. The second-order valence-corrected chi connectivity index (χ2v) is 12.6. The smallest absolute Gasteiger partial charge is 0.408 e. The molecule has 5 heterocycles. The Bertz CT molecular complexity index is 1740. The SMILES string of the molecule is O=C(N[C@H](c1cn2ncc(C[C@@]3(Cc4ncco4)C[C@@H](C(F)(F)F)NC3=O)cc2n1)C1CCC(F)(F)CC1)c1nonc1C1CC1. The van der Waals surface area contributed by atoms with Crippen molar-refractivity contribution < 1.29 is 40.6 Å². The van der Waals surface area contributed by atoms with Gasteiger partial charge in [-0.3, -0.25) is 9.59 Å². The van der Waals surface area contributed by atoms with Crippen LogP contribution in [0.15, 0.2) is 40.0 Å². The van der Waals surface area contributed by atoms with Crippen molar-refractivity contribution in [1.29, 1.82) is 0 Å². The summed E-state index contributed by atoms with van der Waals surface area (Å²) in [5.74, 6) is -4.30. The molecular formula is C29H29F5N8O4. The predicted octanol–water partition coefficient (Wildman–Crippen LogP) is 4.50. The first-order valence-electron chi connectivity index (χ1n) is 15.0. The largest absolute Gasteiger partial charge is 0.449 e. The number of oxazole rings is 1. The first-order valence-corrected chi connectivity index (χ1v) is 15.0. The van der Waals surface area contributed by atoms with Crippen molar-refractivity contribution >= 4 is 17.5 Å². The van der Waals surface area contributed by atoms with Gasteiger partial charge in [-0.25, -0.2) is 27.9 Å². The van der Waals surface area contributed by atoms with Crippen molar-refractivity contribution in [3.63, 3.8) is 0 Å². The fourth-order valence-electron chi connectivity index (χ4n) is 6.63. The standard InChI is InChI=1S/C29H29F5N8O4/c30-28(31)5-3-17(4-6-28)22(39-25(43)24-23(16-1-2-16)40-46-41-24)18-14-42-20(37-18)9-15(13-36-42)10-27(12-21-35-7-8-45-21)11-19(29(32,33)34)38-26(27)44/h7-9,13-14,16-17,19,22H,1-6,10-12H2,(H,38,44)(H,39,43)/t19-,22-,27-/m0/s1. The second kappa shape index (κ2) is 11.1. The van der Waals surface area contributed by atoms with Crippen LogP contribution >= 0.6 is 0 Å². The van der Waals surface area contributed by atoms with E-state index < -0.39 is 47.8 Å². The Morgan fingerprint density at radius 3 is 2.61 bits per heavy atom. The van der Waals surface area contributed by atoms with Gasteiger partial charge in [-0.15, -0.1) is 0 Å². The van der Waals surface area contributed by atoms with Gasteiger partial charge >= 0.3 is 6.18 Å². The van der Waals surface area contributed by atoms with E-state index in [-0.39, 0.29) is 61.9 Å². The van der Waals surface area contributed by atoms with E-state index in [2.05, 4.69) is 36.0 Å². The Kier molecular flexibility index (Phi) is 7.31. The van der Waals surface area contributed by atoms with Gasteiger partial charge in [0.25, 0.3) is 5.91 Å². The number of alkyl halides is 5. The van der Waals surface area contributed by atoms with Gasteiger partial charge in [-0.2, -0.15) is 18.3 Å². The van der Waals surface area contributed by atoms with E-state index >= 15 is 0 Å². The monoisotopic (exact) mass is 648 g/mol. The van der Waals surface area contributed by atoms with Crippen LogP contribution in [-0.2, 0) is 17.6 Å². The number of amides is 2. The molecule has 2 saturated carbocycles. The number of imidazole rings is 1. The molecule has 244 valence electrons. The summed E-state index contributed by atoms with van der Waals surface area (Å²) in [4.78, 5) is 35.1. The number of rotatable bonds is 9. The first kappa shape index (κ1) is 30.2. The molecule has 7 rings (SSSR count). The van der Waals surface area contributed by atoms with Gasteiger partial charge in [-0.05, 0) is 61.2 Å². The minimum atomic E-state index is -4.64. The summed E-state index contributed by atoms with van der Waals surface area (Å²) in [6.45, 7) is 0. The Morgan fingerprint density at radius 1 is 1.15 bits per heavy atom. The lowest BCUT2D eigenvalue weighted by atomic mass is 9.76. The topological polar surface area (TPSA) is 153 Å². The van der Waals surface area contributed by atoms with Crippen molar-refractivity contribution in [1.82, 2.24) is 40.5 Å². The minimum Gasteiger partial charge on any atom is -0.449 e. The zero-order chi connectivity index (χ0) is 32.3. The summed E-state index contributed by atoms with van der Waals surface area (Å²) >= 11 is 0. The van der Waals surface area contributed by atoms with Crippen LogP contribution in [0.5, 0.6) is 0 Å². The number of nitrogens with one attached hydrogen (secondary N) is 2. The van der Waals surface area contributed by atoms with Crippen molar-refractivity contribution in [2.75, 3.05) is 0 Å². The molecule has 2 amide bonds. The molecule has 2 aliphatic carbocycles. The molecule has 3 fully saturated rings. The Balaban J connectivity index is 1.18. The third-order valence-electron chi connectivity index (χ3n) is 9.22. The van der Waals surface area contributed by atoms with E-state index in [0.29, 0.717) is 22.6 Å². The predicted molar refractivity (Wildman–Crippen MR) is 145 cm³/mol. The van der Waals surface area contributed by atoms with Crippen LogP contribution in [-0.4, -0.2) is 59.9 Å².